The molecule has 7 heteroatoms. The number of aliphatic carboxylic acids is 1. The number of carboxylic acids is 1. The number of nitrogens with one attached hydrogen (secondary N) is 1. The quantitative estimate of drug-likeness (QED) is 0.651. The lowest BCUT2D eigenvalue weighted by molar-refractivity contribution is -0.141. The fourth-order valence-corrected chi connectivity index (χ4v) is 3.02. The van der Waals surface area contributed by atoms with Gasteiger partial charge in [0.05, 0.1) is 31.8 Å². The predicted octanol–water partition coefficient (Wildman–Crippen LogP) is 1.66. The Balaban J connectivity index is 3.16. The first-order valence-electron chi connectivity index (χ1n) is 8.25. The Kier molecular flexibility index (Phi) is 7.91. The Morgan fingerprint density at radius 1 is 1.33 bits per heavy atom. The van der Waals surface area contributed by atoms with Crippen molar-refractivity contribution in [1.82, 2.24) is 5.32 Å². The average Bonchev–Trinajstić information content (AvgIpc) is 2.53. The maximum atomic E-state index is 11.9. The van der Waals surface area contributed by atoms with Gasteiger partial charge >= 0.3 is 11.9 Å². The summed E-state index contributed by atoms with van der Waals surface area (Å²) in [6.45, 7) is 5.36. The molecule has 1 aliphatic rings. The summed E-state index contributed by atoms with van der Waals surface area (Å²) < 4.78 is 10.8. The van der Waals surface area contributed by atoms with E-state index in [4.69, 9.17) is 9.47 Å². The molecule has 3 atom stereocenters. The van der Waals surface area contributed by atoms with Gasteiger partial charge in [-0.05, 0) is 31.3 Å². The highest BCUT2D eigenvalue weighted by Gasteiger charge is 2.38. The van der Waals surface area contributed by atoms with E-state index in [0.717, 1.165) is 12.8 Å². The van der Waals surface area contributed by atoms with Crippen LogP contribution in [0.5, 0.6) is 0 Å². The van der Waals surface area contributed by atoms with E-state index in [-0.39, 0.29) is 24.9 Å². The Labute approximate surface area is 142 Å². The zero-order valence-corrected chi connectivity index (χ0v) is 14.7. The van der Waals surface area contributed by atoms with Gasteiger partial charge in [0.15, 0.2) is 0 Å². The molecule has 0 unspecified atom stereocenters. The minimum Gasteiger partial charge on any atom is -0.481 e. The van der Waals surface area contributed by atoms with Crippen LogP contribution >= 0.6 is 0 Å². The predicted molar refractivity (Wildman–Crippen MR) is 87.3 cm³/mol. The normalized spacial score (nSPS) is 23.5. The van der Waals surface area contributed by atoms with E-state index in [1.165, 1.54) is 14.0 Å². The van der Waals surface area contributed by atoms with Crippen molar-refractivity contribution < 1.29 is 29.0 Å². The number of hydrogen-bond acceptors (Lipinski definition) is 5. The van der Waals surface area contributed by atoms with Gasteiger partial charge in [0.2, 0.25) is 5.91 Å². The van der Waals surface area contributed by atoms with Crippen LogP contribution in [0.1, 0.15) is 46.5 Å². The minimum atomic E-state index is -0.984. The molecule has 0 heterocycles. The molecule has 0 aromatic carbocycles. The lowest BCUT2D eigenvalue weighted by atomic mass is 9.80. The Hall–Kier alpha value is -1.89. The van der Waals surface area contributed by atoms with Crippen molar-refractivity contribution in [3.8, 4) is 0 Å². The fourth-order valence-electron chi connectivity index (χ4n) is 3.02. The van der Waals surface area contributed by atoms with Crippen LogP contribution in [0.4, 0.5) is 0 Å². The van der Waals surface area contributed by atoms with Gasteiger partial charge in [-0.2, -0.15) is 0 Å². The van der Waals surface area contributed by atoms with Crippen LogP contribution < -0.4 is 5.32 Å². The van der Waals surface area contributed by atoms with Crippen molar-refractivity contribution in [3.05, 3.63) is 11.6 Å². The summed E-state index contributed by atoms with van der Waals surface area (Å²) in [5, 5.41) is 12.0. The first kappa shape index (κ1) is 20.2. The van der Waals surface area contributed by atoms with Gasteiger partial charge in [0.1, 0.15) is 0 Å². The first-order chi connectivity index (χ1) is 11.3. The Bertz CT molecular complexity index is 497. The molecular formula is C17H27NO6. The smallest absolute Gasteiger partial charge is 0.333 e. The van der Waals surface area contributed by atoms with Crippen molar-refractivity contribution in [2.24, 2.45) is 5.92 Å². The van der Waals surface area contributed by atoms with Gasteiger partial charge < -0.3 is 19.9 Å². The lowest BCUT2D eigenvalue weighted by Gasteiger charge is -2.37. The average molecular weight is 341 g/mol. The first-order valence-corrected chi connectivity index (χ1v) is 8.25. The second kappa shape index (κ2) is 9.42. The Morgan fingerprint density at radius 3 is 2.42 bits per heavy atom. The van der Waals surface area contributed by atoms with E-state index in [9.17, 15) is 19.5 Å². The number of carbonyl (C=O) groups is 3. The van der Waals surface area contributed by atoms with E-state index in [0.29, 0.717) is 5.57 Å². The zero-order valence-electron chi connectivity index (χ0n) is 14.7. The van der Waals surface area contributed by atoms with Crippen LogP contribution in [0, 0.1) is 5.92 Å². The standard InChI is InChI=1S/C17H27NO6/c1-5-13(6-2)24-14-8-12(17(22)23-4)7-11(9-15(20)21)16(14)18-10(3)19/h8,11,13-14,16H,5-7,9H2,1-4H3,(H,18,19)(H,20,21)/t11-,14-,16-/m1/s1. The molecular weight excluding hydrogens is 314 g/mol. The van der Waals surface area contributed by atoms with E-state index < -0.39 is 30.0 Å². The molecule has 0 bridgehead atoms. The SMILES string of the molecule is CCC(CC)O[C@@H]1C=C(C(=O)OC)C[C@H](CC(=O)O)[C@H]1NC(C)=O. The number of esters is 1. The second-order valence-corrected chi connectivity index (χ2v) is 6.01. The number of rotatable bonds is 8. The van der Waals surface area contributed by atoms with Gasteiger partial charge in [0, 0.05) is 12.5 Å². The number of ether oxygens (including phenoxy) is 2. The third-order valence-electron chi connectivity index (χ3n) is 4.22. The van der Waals surface area contributed by atoms with E-state index >= 15 is 0 Å². The topological polar surface area (TPSA) is 102 Å². The number of methoxy groups -OCH3 is 1. The molecule has 7 nitrogen and oxygen atoms in total. The molecule has 0 aliphatic heterocycles. The molecule has 0 radical (unpaired) electrons. The second-order valence-electron chi connectivity index (χ2n) is 6.01. The summed E-state index contributed by atoms with van der Waals surface area (Å²) in [5.74, 6) is -2.18. The van der Waals surface area contributed by atoms with Crippen LogP contribution in [-0.2, 0) is 23.9 Å². The summed E-state index contributed by atoms with van der Waals surface area (Å²) in [7, 11) is 1.28. The van der Waals surface area contributed by atoms with Gasteiger partial charge in [-0.25, -0.2) is 4.79 Å². The molecule has 0 aromatic heterocycles. The summed E-state index contributed by atoms with van der Waals surface area (Å²) in [4.78, 5) is 34.7. The number of carboxylic acid groups (broad SMARTS) is 1. The summed E-state index contributed by atoms with van der Waals surface area (Å²) >= 11 is 0. The molecule has 1 aliphatic carbocycles. The third-order valence-corrected chi connectivity index (χ3v) is 4.22. The van der Waals surface area contributed by atoms with Crippen LogP contribution in [0.3, 0.4) is 0 Å². The van der Waals surface area contributed by atoms with E-state index in [1.54, 1.807) is 6.08 Å². The van der Waals surface area contributed by atoms with E-state index in [1.807, 2.05) is 13.8 Å². The van der Waals surface area contributed by atoms with Gasteiger partial charge in [-0.15, -0.1) is 0 Å². The number of carbonyl (C=O) groups excluding carboxylic acids is 2. The molecule has 0 spiro atoms. The maximum absolute atomic E-state index is 11.9. The maximum Gasteiger partial charge on any atom is 0.333 e. The molecule has 24 heavy (non-hydrogen) atoms. The highest BCUT2D eigenvalue weighted by Crippen LogP contribution is 2.31. The fraction of sp³-hybridized carbons (Fsp3) is 0.706. The number of hydrogen-bond donors (Lipinski definition) is 2. The van der Waals surface area contributed by atoms with Crippen LogP contribution in [-0.4, -0.2) is 48.3 Å². The number of amides is 1. The molecule has 0 saturated heterocycles. The summed E-state index contributed by atoms with van der Waals surface area (Å²) in [5.41, 5.74) is 0.390. The van der Waals surface area contributed by atoms with Crippen molar-refractivity contribution in [2.75, 3.05) is 7.11 Å². The minimum absolute atomic E-state index is 0.0371. The van der Waals surface area contributed by atoms with Crippen LogP contribution in [0.2, 0.25) is 0 Å². The van der Waals surface area contributed by atoms with Crippen molar-refractivity contribution >= 4 is 17.8 Å². The molecule has 136 valence electrons. The molecule has 0 saturated carbocycles. The highest BCUT2D eigenvalue weighted by molar-refractivity contribution is 5.89. The molecule has 2 N–H and O–H groups in total. The monoisotopic (exact) mass is 341 g/mol. The lowest BCUT2D eigenvalue weighted by Crippen LogP contribution is -2.51. The summed E-state index contributed by atoms with van der Waals surface area (Å²) in [6, 6.07) is -0.493. The van der Waals surface area contributed by atoms with Crippen LogP contribution in [0.15, 0.2) is 11.6 Å². The largest absolute Gasteiger partial charge is 0.481 e. The van der Waals surface area contributed by atoms with Crippen molar-refractivity contribution in [1.29, 1.82) is 0 Å². The van der Waals surface area contributed by atoms with Gasteiger partial charge in [-0.1, -0.05) is 13.8 Å². The van der Waals surface area contributed by atoms with Crippen molar-refractivity contribution in [3.63, 3.8) is 0 Å². The van der Waals surface area contributed by atoms with Crippen molar-refractivity contribution in [2.45, 2.75) is 64.7 Å². The molecule has 0 aromatic rings. The molecule has 1 amide bonds. The summed E-state index contributed by atoms with van der Waals surface area (Å²) in [6.07, 6.45) is 2.68. The zero-order chi connectivity index (χ0) is 18.3. The van der Waals surface area contributed by atoms with E-state index in [2.05, 4.69) is 5.32 Å². The van der Waals surface area contributed by atoms with Gasteiger partial charge in [0.25, 0.3) is 0 Å². The van der Waals surface area contributed by atoms with Gasteiger partial charge in [-0.3, -0.25) is 9.59 Å². The highest BCUT2D eigenvalue weighted by atomic mass is 16.5. The Morgan fingerprint density at radius 2 is 1.96 bits per heavy atom. The molecule has 0 fully saturated rings. The van der Waals surface area contributed by atoms with Crippen LogP contribution in [0.25, 0.3) is 0 Å². The molecule has 1 rings (SSSR count). The third kappa shape index (κ3) is 5.63.